The minimum absolute atomic E-state index is 0.0444. The number of carbonyl (C=O) groups excluding carboxylic acids is 2. The first-order valence-electron chi connectivity index (χ1n) is 14.8. The molecule has 42 heavy (non-hydrogen) atoms. The molecule has 3 aromatic carbocycles. The highest BCUT2D eigenvalue weighted by atomic mass is 16.5. The predicted molar refractivity (Wildman–Crippen MR) is 164 cm³/mol. The first-order valence-corrected chi connectivity index (χ1v) is 14.8. The average Bonchev–Trinajstić information content (AvgIpc) is 2.96. The lowest BCUT2D eigenvalue weighted by Crippen LogP contribution is -2.41. The van der Waals surface area contributed by atoms with Gasteiger partial charge in [-0.25, -0.2) is 0 Å². The molecule has 1 heterocycles. The summed E-state index contributed by atoms with van der Waals surface area (Å²) < 4.78 is 23.6. The van der Waals surface area contributed by atoms with Crippen LogP contribution in [0.15, 0.2) is 54.6 Å². The van der Waals surface area contributed by atoms with Crippen LogP contribution in [0.25, 0.3) is 0 Å². The van der Waals surface area contributed by atoms with Crippen molar-refractivity contribution in [1.82, 2.24) is 4.90 Å². The van der Waals surface area contributed by atoms with Gasteiger partial charge < -0.3 is 24.3 Å². The number of hydrogen-bond donors (Lipinski definition) is 1. The zero-order chi connectivity index (χ0) is 30.1. The molecule has 0 fully saturated rings. The van der Waals surface area contributed by atoms with Crippen LogP contribution >= 0.6 is 0 Å². The van der Waals surface area contributed by atoms with E-state index in [9.17, 15) is 9.59 Å². The van der Waals surface area contributed by atoms with Crippen LogP contribution in [0.5, 0.6) is 23.0 Å². The van der Waals surface area contributed by atoms with Crippen molar-refractivity contribution in [2.45, 2.75) is 53.5 Å². The maximum Gasteiger partial charge on any atom is 0.238 e. The smallest absolute Gasteiger partial charge is 0.238 e. The van der Waals surface area contributed by atoms with Crippen LogP contribution in [0.2, 0.25) is 0 Å². The normalized spacial score (nSPS) is 14.5. The van der Waals surface area contributed by atoms with Crippen LogP contribution in [0.4, 0.5) is 5.69 Å². The van der Waals surface area contributed by atoms with E-state index < -0.39 is 0 Å². The van der Waals surface area contributed by atoms with Crippen molar-refractivity contribution < 1.29 is 28.5 Å². The van der Waals surface area contributed by atoms with E-state index in [2.05, 4.69) is 28.4 Å². The molecular formula is C34H42N2O6. The summed E-state index contributed by atoms with van der Waals surface area (Å²) in [6, 6.07) is 17.2. The second kappa shape index (κ2) is 14.7. The fourth-order valence-electron chi connectivity index (χ4n) is 5.37. The first kappa shape index (κ1) is 30.9. The van der Waals surface area contributed by atoms with Crippen molar-refractivity contribution in [2.24, 2.45) is 0 Å². The van der Waals surface area contributed by atoms with Crippen molar-refractivity contribution in [3.63, 3.8) is 0 Å². The number of amides is 1. The second-order valence-electron chi connectivity index (χ2n) is 10.1. The number of benzene rings is 3. The molecule has 1 unspecified atom stereocenters. The highest BCUT2D eigenvalue weighted by Crippen LogP contribution is 2.40. The second-order valence-corrected chi connectivity index (χ2v) is 10.1. The monoisotopic (exact) mass is 574 g/mol. The van der Waals surface area contributed by atoms with Gasteiger partial charge in [-0.15, -0.1) is 0 Å². The minimum Gasteiger partial charge on any atom is -0.490 e. The van der Waals surface area contributed by atoms with E-state index in [1.165, 1.54) is 12.5 Å². The van der Waals surface area contributed by atoms with Crippen molar-refractivity contribution >= 4 is 17.4 Å². The summed E-state index contributed by atoms with van der Waals surface area (Å²) in [7, 11) is 0. The van der Waals surface area contributed by atoms with E-state index in [0.717, 1.165) is 29.0 Å². The maximum atomic E-state index is 13.3. The van der Waals surface area contributed by atoms with Crippen LogP contribution < -0.4 is 24.3 Å². The lowest BCUT2D eigenvalue weighted by atomic mass is 9.88. The summed E-state index contributed by atoms with van der Waals surface area (Å²) in [5.74, 6) is 2.70. The topological polar surface area (TPSA) is 86.3 Å². The van der Waals surface area contributed by atoms with Gasteiger partial charge in [0.05, 0.1) is 33.0 Å². The van der Waals surface area contributed by atoms with E-state index in [0.29, 0.717) is 62.1 Å². The third-order valence-corrected chi connectivity index (χ3v) is 7.21. The van der Waals surface area contributed by atoms with Gasteiger partial charge in [0.1, 0.15) is 0 Å². The van der Waals surface area contributed by atoms with Gasteiger partial charge in [0.25, 0.3) is 0 Å². The van der Waals surface area contributed by atoms with Gasteiger partial charge in [0.15, 0.2) is 28.8 Å². The number of fused-ring (bicyclic) bond motifs is 1. The van der Waals surface area contributed by atoms with Crippen LogP contribution in [-0.4, -0.2) is 56.1 Å². The largest absolute Gasteiger partial charge is 0.490 e. The Morgan fingerprint density at radius 3 is 2.12 bits per heavy atom. The number of nitrogens with one attached hydrogen (secondary N) is 1. The number of ether oxygens (including phenoxy) is 4. The molecule has 1 atom stereocenters. The van der Waals surface area contributed by atoms with Gasteiger partial charge in [0, 0.05) is 23.8 Å². The minimum atomic E-state index is -0.137. The Balaban J connectivity index is 1.67. The fraction of sp³-hybridized carbons (Fsp3) is 0.412. The molecule has 8 heteroatoms. The first-order chi connectivity index (χ1) is 20.4. The summed E-state index contributed by atoms with van der Waals surface area (Å²) in [6.45, 7) is 12.4. The van der Waals surface area contributed by atoms with Crippen molar-refractivity contribution in [2.75, 3.05) is 44.8 Å². The molecule has 1 amide bonds. The molecule has 0 aliphatic carbocycles. The van der Waals surface area contributed by atoms with Gasteiger partial charge in [-0.1, -0.05) is 18.2 Å². The van der Waals surface area contributed by atoms with Crippen LogP contribution in [0, 0.1) is 0 Å². The summed E-state index contributed by atoms with van der Waals surface area (Å²) >= 11 is 0. The Morgan fingerprint density at radius 1 is 0.810 bits per heavy atom. The number of Topliss-reactive ketones (excluding diaryl/α,β-unsaturated/α-hetero) is 1. The van der Waals surface area contributed by atoms with E-state index in [4.69, 9.17) is 18.9 Å². The van der Waals surface area contributed by atoms with Gasteiger partial charge in [-0.3, -0.25) is 14.5 Å². The van der Waals surface area contributed by atoms with E-state index >= 15 is 0 Å². The fourth-order valence-corrected chi connectivity index (χ4v) is 5.37. The van der Waals surface area contributed by atoms with E-state index in [1.54, 1.807) is 24.3 Å². The Bertz CT molecular complexity index is 1390. The molecule has 1 aliphatic heterocycles. The number of ketones is 1. The number of nitrogens with zero attached hydrogens (tertiary/aromatic N) is 1. The number of anilines is 1. The lowest BCUT2D eigenvalue weighted by molar-refractivity contribution is -0.118. The summed E-state index contributed by atoms with van der Waals surface area (Å²) in [4.78, 5) is 27.4. The molecule has 1 N–H and O–H groups in total. The molecule has 4 rings (SSSR count). The van der Waals surface area contributed by atoms with Crippen molar-refractivity contribution in [3.05, 3.63) is 76.9 Å². The molecular weight excluding hydrogens is 532 g/mol. The number of carbonyl (C=O) groups is 2. The quantitative estimate of drug-likeness (QED) is 0.227. The third kappa shape index (κ3) is 7.62. The highest BCUT2D eigenvalue weighted by molar-refractivity contribution is 5.97. The molecule has 224 valence electrons. The molecule has 1 aliphatic rings. The molecule has 0 radical (unpaired) electrons. The van der Waals surface area contributed by atoms with Crippen LogP contribution in [0.3, 0.4) is 0 Å². The Labute approximate surface area is 248 Å². The average molecular weight is 575 g/mol. The Hall–Kier alpha value is -4.04. The zero-order valence-corrected chi connectivity index (χ0v) is 25.3. The van der Waals surface area contributed by atoms with Gasteiger partial charge in [-0.2, -0.15) is 0 Å². The van der Waals surface area contributed by atoms with E-state index in [1.807, 2.05) is 39.8 Å². The van der Waals surface area contributed by atoms with Gasteiger partial charge >= 0.3 is 0 Å². The molecule has 0 saturated heterocycles. The highest BCUT2D eigenvalue weighted by Gasteiger charge is 2.31. The van der Waals surface area contributed by atoms with Crippen LogP contribution in [0.1, 0.15) is 67.7 Å². The van der Waals surface area contributed by atoms with Gasteiger partial charge in [0.2, 0.25) is 5.91 Å². The molecule has 0 spiro atoms. The van der Waals surface area contributed by atoms with Crippen LogP contribution in [-0.2, 0) is 17.6 Å². The van der Waals surface area contributed by atoms with Crippen molar-refractivity contribution in [3.8, 4) is 23.0 Å². The zero-order valence-electron chi connectivity index (χ0n) is 25.3. The maximum absolute atomic E-state index is 13.3. The molecule has 8 nitrogen and oxygen atoms in total. The Morgan fingerprint density at radius 2 is 1.45 bits per heavy atom. The number of rotatable bonds is 14. The molecule has 0 bridgehead atoms. The third-order valence-electron chi connectivity index (χ3n) is 7.21. The molecule has 0 saturated carbocycles. The summed E-state index contributed by atoms with van der Waals surface area (Å²) in [5, 5.41) is 2.98. The SMILES string of the molecule is CCOc1ccc(CC2c3cc(OCC)c(OCC)cc3CCN2CC(=O)Nc2cccc(C(C)=O)c2)cc1OCC. The lowest BCUT2D eigenvalue weighted by Gasteiger charge is -2.37. The number of hydrogen-bond acceptors (Lipinski definition) is 7. The standard InChI is InChI=1S/C34H42N2O6/c1-6-39-30-14-13-24(18-31(30)40-7-2)17-29-28-21-33(42-9-4)32(41-8-3)20-26(28)15-16-36(29)22-34(38)35-27-12-10-11-25(19-27)23(5)37/h10-14,18-21,29H,6-9,15-17,22H2,1-5H3,(H,35,38). The molecule has 3 aromatic rings. The Kier molecular flexibility index (Phi) is 10.8. The van der Waals surface area contributed by atoms with Gasteiger partial charge in [-0.05, 0) is 101 Å². The summed E-state index contributed by atoms with van der Waals surface area (Å²) in [5.41, 5.74) is 4.55. The predicted octanol–water partition coefficient (Wildman–Crippen LogP) is 6.26. The van der Waals surface area contributed by atoms with Crippen molar-refractivity contribution in [1.29, 1.82) is 0 Å². The van der Waals surface area contributed by atoms with E-state index in [-0.39, 0.29) is 24.3 Å². The molecule has 0 aromatic heterocycles. The summed E-state index contributed by atoms with van der Waals surface area (Å²) in [6.07, 6.45) is 1.44.